The molecule has 0 fully saturated rings. The smallest absolute Gasteiger partial charge is 0.364 e. The number of benzene rings is 1. The molecule has 0 amide bonds. The summed E-state index contributed by atoms with van der Waals surface area (Å²) in [6.45, 7) is 4.00. The summed E-state index contributed by atoms with van der Waals surface area (Å²) in [6, 6.07) is 10.9. The minimum Gasteiger partial charge on any atom is -0.388 e. The highest BCUT2D eigenvalue weighted by Gasteiger charge is 2.22. The number of hydrogen-bond donors (Lipinski definition) is 0. The predicted octanol–water partition coefficient (Wildman–Crippen LogP) is 4.13. The summed E-state index contributed by atoms with van der Waals surface area (Å²) in [5.74, 6) is -1.34. The van der Waals surface area contributed by atoms with Crippen LogP contribution in [0.15, 0.2) is 36.4 Å². The number of pyridine rings is 1. The van der Waals surface area contributed by atoms with E-state index in [4.69, 9.17) is 4.74 Å². The largest absolute Gasteiger partial charge is 0.388 e. The summed E-state index contributed by atoms with van der Waals surface area (Å²) in [7, 11) is 0. The average molecular weight is 299 g/mol. The molecule has 0 aliphatic heterocycles. The van der Waals surface area contributed by atoms with E-state index in [1.54, 1.807) is 12.1 Å². The number of hydrogen-bond acceptors (Lipinski definition) is 4. The van der Waals surface area contributed by atoms with Crippen LogP contribution in [0, 0.1) is 5.92 Å². The van der Waals surface area contributed by atoms with Gasteiger partial charge < -0.3 is 4.74 Å². The molecule has 0 radical (unpaired) electrons. The van der Waals surface area contributed by atoms with Crippen LogP contribution in [-0.4, -0.2) is 16.9 Å². The zero-order valence-corrected chi connectivity index (χ0v) is 13.0. The lowest BCUT2D eigenvalue weighted by Crippen LogP contribution is -2.21. The van der Waals surface area contributed by atoms with E-state index in [2.05, 4.69) is 11.9 Å². The Morgan fingerprint density at radius 3 is 2.64 bits per heavy atom. The molecule has 0 saturated heterocycles. The van der Waals surface area contributed by atoms with Crippen molar-refractivity contribution in [3.8, 4) is 0 Å². The highest BCUT2D eigenvalue weighted by Crippen LogP contribution is 2.16. The fourth-order valence-corrected chi connectivity index (χ4v) is 2.35. The quantitative estimate of drug-likeness (QED) is 0.594. The molecule has 2 rings (SSSR count). The van der Waals surface area contributed by atoms with E-state index in [9.17, 15) is 9.59 Å². The van der Waals surface area contributed by atoms with Crippen molar-refractivity contribution in [3.63, 3.8) is 0 Å². The van der Waals surface area contributed by atoms with Gasteiger partial charge in [-0.05, 0) is 25.0 Å². The Kier molecular flexibility index (Phi) is 5.64. The number of carbonyl (C=O) groups is 2. The second-order valence-corrected chi connectivity index (χ2v) is 5.35. The highest BCUT2D eigenvalue weighted by molar-refractivity contribution is 5.97. The third kappa shape index (κ3) is 3.91. The average Bonchev–Trinajstić information content (AvgIpc) is 2.55. The lowest BCUT2D eigenvalue weighted by Gasteiger charge is -2.12. The van der Waals surface area contributed by atoms with E-state index < -0.39 is 11.9 Å². The monoisotopic (exact) mass is 299 g/mol. The minimum atomic E-state index is -0.675. The van der Waals surface area contributed by atoms with E-state index >= 15 is 0 Å². The molecule has 0 aliphatic carbocycles. The van der Waals surface area contributed by atoms with E-state index in [1.807, 2.05) is 31.2 Å². The van der Waals surface area contributed by atoms with Gasteiger partial charge in [-0.15, -0.1) is 0 Å². The molecule has 0 saturated carbocycles. The molecule has 0 bridgehead atoms. The first kappa shape index (κ1) is 16.1. The number of fused-ring (bicyclic) bond motifs is 1. The zero-order chi connectivity index (χ0) is 15.9. The lowest BCUT2D eigenvalue weighted by atomic mass is 10.00. The second kappa shape index (κ2) is 7.69. The number of carbonyl (C=O) groups excluding carboxylic acids is 2. The van der Waals surface area contributed by atoms with Gasteiger partial charge in [-0.2, -0.15) is 0 Å². The molecule has 4 heteroatoms. The van der Waals surface area contributed by atoms with Crippen molar-refractivity contribution in [1.29, 1.82) is 0 Å². The van der Waals surface area contributed by atoms with Crippen LogP contribution < -0.4 is 0 Å². The molecule has 1 aromatic carbocycles. The van der Waals surface area contributed by atoms with Gasteiger partial charge in [0.25, 0.3) is 0 Å². The molecule has 1 unspecified atom stereocenters. The van der Waals surface area contributed by atoms with Crippen molar-refractivity contribution in [1.82, 2.24) is 4.98 Å². The lowest BCUT2D eigenvalue weighted by molar-refractivity contribution is -0.143. The van der Waals surface area contributed by atoms with Crippen LogP contribution in [-0.2, 0) is 9.53 Å². The van der Waals surface area contributed by atoms with Gasteiger partial charge in [0.05, 0.1) is 11.4 Å². The van der Waals surface area contributed by atoms with E-state index in [0.717, 1.165) is 24.6 Å². The standard InChI is InChI=1S/C18H21NO3/c1-3-5-8-13(4-2)17(20)22-18(21)16-12-11-14-9-6-7-10-15(14)19-16/h6-7,9-13H,3-5,8H2,1-2H3. The topological polar surface area (TPSA) is 56.3 Å². The van der Waals surface area contributed by atoms with Crippen LogP contribution in [0.25, 0.3) is 10.9 Å². The first-order chi connectivity index (χ1) is 10.7. The van der Waals surface area contributed by atoms with Crippen molar-refractivity contribution < 1.29 is 14.3 Å². The summed E-state index contributed by atoms with van der Waals surface area (Å²) in [5.41, 5.74) is 0.875. The molecule has 1 aromatic heterocycles. The minimum absolute atomic E-state index is 0.164. The first-order valence-corrected chi connectivity index (χ1v) is 7.77. The van der Waals surface area contributed by atoms with E-state index in [0.29, 0.717) is 11.9 Å². The fraction of sp³-hybridized carbons (Fsp3) is 0.389. The van der Waals surface area contributed by atoms with Gasteiger partial charge in [0, 0.05) is 5.39 Å². The molecule has 116 valence electrons. The van der Waals surface area contributed by atoms with Gasteiger partial charge >= 0.3 is 11.9 Å². The summed E-state index contributed by atoms with van der Waals surface area (Å²) < 4.78 is 5.00. The number of aromatic nitrogens is 1. The third-order valence-electron chi connectivity index (χ3n) is 3.73. The third-order valence-corrected chi connectivity index (χ3v) is 3.73. The molecular weight excluding hydrogens is 278 g/mol. The number of nitrogens with zero attached hydrogens (tertiary/aromatic N) is 1. The normalized spacial score (nSPS) is 12.1. The number of rotatable bonds is 6. The number of unbranched alkanes of at least 4 members (excludes halogenated alkanes) is 1. The molecule has 0 aliphatic rings. The van der Waals surface area contributed by atoms with Crippen molar-refractivity contribution in [2.24, 2.45) is 5.92 Å². The number of esters is 2. The second-order valence-electron chi connectivity index (χ2n) is 5.35. The van der Waals surface area contributed by atoms with Crippen molar-refractivity contribution in [2.45, 2.75) is 39.5 Å². The van der Waals surface area contributed by atoms with Gasteiger partial charge in [0.2, 0.25) is 0 Å². The molecule has 0 N–H and O–H groups in total. The molecule has 1 atom stereocenters. The van der Waals surface area contributed by atoms with Crippen LogP contribution in [0.3, 0.4) is 0 Å². The van der Waals surface area contributed by atoms with Gasteiger partial charge in [-0.25, -0.2) is 9.78 Å². The Bertz CT molecular complexity index is 666. The molecule has 2 aromatic rings. The van der Waals surface area contributed by atoms with E-state index in [-0.39, 0.29) is 11.6 Å². The Balaban J connectivity index is 2.07. The molecular formula is C18H21NO3. The van der Waals surface area contributed by atoms with Crippen LogP contribution in [0.5, 0.6) is 0 Å². The van der Waals surface area contributed by atoms with Crippen molar-refractivity contribution >= 4 is 22.8 Å². The highest BCUT2D eigenvalue weighted by atomic mass is 16.6. The molecule has 0 spiro atoms. The maximum atomic E-state index is 12.1. The van der Waals surface area contributed by atoms with Crippen LogP contribution in [0.4, 0.5) is 0 Å². The van der Waals surface area contributed by atoms with Gasteiger partial charge in [-0.3, -0.25) is 4.79 Å². The molecule has 1 heterocycles. The number of para-hydroxylation sites is 1. The van der Waals surface area contributed by atoms with Crippen LogP contribution in [0.2, 0.25) is 0 Å². The Hall–Kier alpha value is -2.23. The fourth-order valence-electron chi connectivity index (χ4n) is 2.35. The van der Waals surface area contributed by atoms with Gasteiger partial charge in [0.1, 0.15) is 5.69 Å². The first-order valence-electron chi connectivity index (χ1n) is 7.77. The summed E-state index contributed by atoms with van der Waals surface area (Å²) >= 11 is 0. The zero-order valence-electron chi connectivity index (χ0n) is 13.0. The van der Waals surface area contributed by atoms with E-state index in [1.165, 1.54) is 0 Å². The summed E-state index contributed by atoms with van der Waals surface area (Å²) in [6.07, 6.45) is 3.40. The summed E-state index contributed by atoms with van der Waals surface area (Å²) in [5, 5.41) is 0.944. The van der Waals surface area contributed by atoms with Crippen molar-refractivity contribution in [2.75, 3.05) is 0 Å². The summed E-state index contributed by atoms with van der Waals surface area (Å²) in [4.78, 5) is 28.4. The van der Waals surface area contributed by atoms with Crippen LogP contribution in [0.1, 0.15) is 50.0 Å². The Morgan fingerprint density at radius 2 is 1.91 bits per heavy atom. The molecule has 4 nitrogen and oxygen atoms in total. The van der Waals surface area contributed by atoms with Gasteiger partial charge in [-0.1, -0.05) is 51.0 Å². The van der Waals surface area contributed by atoms with Gasteiger partial charge in [0.15, 0.2) is 0 Å². The SMILES string of the molecule is CCCCC(CC)C(=O)OC(=O)c1ccc2ccccc2n1. The van der Waals surface area contributed by atoms with Crippen molar-refractivity contribution in [3.05, 3.63) is 42.1 Å². The Labute approximate surface area is 130 Å². The number of ether oxygens (including phenoxy) is 1. The maximum Gasteiger partial charge on any atom is 0.364 e. The predicted molar refractivity (Wildman–Crippen MR) is 85.5 cm³/mol. The maximum absolute atomic E-state index is 12.1. The van der Waals surface area contributed by atoms with Crippen LogP contribution >= 0.6 is 0 Å². The molecule has 22 heavy (non-hydrogen) atoms. The Morgan fingerprint density at radius 1 is 1.14 bits per heavy atom.